The van der Waals surface area contributed by atoms with Gasteiger partial charge in [0.1, 0.15) is 11.6 Å². The van der Waals surface area contributed by atoms with Gasteiger partial charge in [0.25, 0.3) is 5.91 Å². The van der Waals surface area contributed by atoms with Crippen LogP contribution in [-0.2, 0) is 0 Å². The van der Waals surface area contributed by atoms with E-state index in [0.717, 1.165) is 37.6 Å². The van der Waals surface area contributed by atoms with Crippen molar-refractivity contribution in [3.8, 4) is 5.75 Å². The molecule has 2 saturated carbocycles. The molecule has 4 N–H and O–H groups in total. The number of anilines is 4. The molecule has 2 aliphatic carbocycles. The number of fused-ring (bicyclic) bond motifs is 1. The summed E-state index contributed by atoms with van der Waals surface area (Å²) in [5, 5.41) is 24.2. The fourth-order valence-electron chi connectivity index (χ4n) is 5.32. The van der Waals surface area contributed by atoms with Gasteiger partial charge < -0.3 is 25.8 Å². The zero-order chi connectivity index (χ0) is 29.2. The Hall–Kier alpha value is -4.94. The van der Waals surface area contributed by atoms with E-state index in [9.17, 15) is 19.1 Å². The van der Waals surface area contributed by atoms with E-state index < -0.39 is 17.8 Å². The molecule has 4 aromatic rings. The molecule has 1 aromatic carbocycles. The van der Waals surface area contributed by atoms with Gasteiger partial charge in [-0.25, -0.2) is 18.7 Å². The van der Waals surface area contributed by atoms with E-state index in [1.54, 1.807) is 31.4 Å². The molecule has 3 aromatic heterocycles. The zero-order valence-corrected chi connectivity index (χ0v) is 23.0. The van der Waals surface area contributed by atoms with Gasteiger partial charge in [-0.2, -0.15) is 0 Å². The standard InChI is InChI=1S/C29H31FN8O4/c1-42-21-10-8-20(9-11-21)37(29(40)41)19-6-4-18(5-7-19)34-26-14-24(33-17-2-3-17)27-32-16-25(38(27)36-26)28(39)35-23-12-13-31-15-22(23)30/h8-19,33H,2-7H2,1H3,(H,34,36)(H,40,41)(H,31,35,39)/t18-,19-. The number of hydrogen-bond acceptors (Lipinski definition) is 8. The van der Waals surface area contributed by atoms with Crippen molar-refractivity contribution in [3.63, 3.8) is 0 Å². The number of halogens is 1. The van der Waals surface area contributed by atoms with Gasteiger partial charge in [-0.3, -0.25) is 14.7 Å². The summed E-state index contributed by atoms with van der Waals surface area (Å²) in [6, 6.07) is 10.5. The number of nitrogens with one attached hydrogen (secondary N) is 3. The summed E-state index contributed by atoms with van der Waals surface area (Å²) in [7, 11) is 1.57. The Kier molecular flexibility index (Phi) is 7.46. The van der Waals surface area contributed by atoms with Crippen molar-refractivity contribution in [2.45, 2.75) is 56.7 Å². The summed E-state index contributed by atoms with van der Waals surface area (Å²) < 4.78 is 20.8. The first-order chi connectivity index (χ1) is 20.4. The maximum absolute atomic E-state index is 14.1. The number of methoxy groups -OCH3 is 1. The van der Waals surface area contributed by atoms with Crippen molar-refractivity contribution < 1.29 is 23.8 Å². The van der Waals surface area contributed by atoms with Crippen molar-refractivity contribution >= 4 is 40.5 Å². The van der Waals surface area contributed by atoms with Gasteiger partial charge in [-0.15, -0.1) is 5.10 Å². The molecule has 0 radical (unpaired) electrons. The second-order valence-corrected chi connectivity index (χ2v) is 10.6. The smallest absolute Gasteiger partial charge is 0.412 e. The minimum absolute atomic E-state index is 0.0114. The van der Waals surface area contributed by atoms with Gasteiger partial charge in [-0.1, -0.05) is 0 Å². The van der Waals surface area contributed by atoms with Gasteiger partial charge in [0.05, 0.1) is 30.9 Å². The van der Waals surface area contributed by atoms with Crippen LogP contribution in [0.25, 0.3) is 5.65 Å². The monoisotopic (exact) mass is 574 g/mol. The number of aromatic nitrogens is 4. The van der Waals surface area contributed by atoms with Crippen LogP contribution in [0.5, 0.6) is 5.75 Å². The summed E-state index contributed by atoms with van der Waals surface area (Å²) in [5.74, 6) is 0.0270. The van der Waals surface area contributed by atoms with Crippen LogP contribution in [0.2, 0.25) is 0 Å². The number of hydrogen-bond donors (Lipinski definition) is 4. The number of ether oxygens (including phenoxy) is 1. The molecule has 42 heavy (non-hydrogen) atoms. The molecule has 0 saturated heterocycles. The number of carbonyl (C=O) groups is 2. The first kappa shape index (κ1) is 27.2. The summed E-state index contributed by atoms with van der Waals surface area (Å²) >= 11 is 0. The lowest BCUT2D eigenvalue weighted by Crippen LogP contribution is -2.43. The van der Waals surface area contributed by atoms with E-state index >= 15 is 0 Å². The Morgan fingerprint density at radius 1 is 1.00 bits per heavy atom. The second kappa shape index (κ2) is 11.5. The third-order valence-corrected chi connectivity index (χ3v) is 7.63. The fraction of sp³-hybridized carbons (Fsp3) is 0.345. The van der Waals surface area contributed by atoms with Crippen LogP contribution in [-0.4, -0.2) is 61.9 Å². The summed E-state index contributed by atoms with van der Waals surface area (Å²) in [6.45, 7) is 0. The molecule has 0 bridgehead atoms. The highest BCUT2D eigenvalue weighted by atomic mass is 19.1. The first-order valence-electron chi connectivity index (χ1n) is 13.9. The van der Waals surface area contributed by atoms with Crippen LogP contribution in [0.4, 0.5) is 32.1 Å². The molecule has 2 amide bonds. The molecule has 2 aliphatic rings. The molecule has 3 heterocycles. The molecule has 13 heteroatoms. The Bertz CT molecular complexity index is 1600. The summed E-state index contributed by atoms with van der Waals surface area (Å²) in [6.07, 6.45) is 7.75. The third kappa shape index (κ3) is 5.76. The predicted molar refractivity (Wildman–Crippen MR) is 155 cm³/mol. The normalized spacial score (nSPS) is 18.3. The van der Waals surface area contributed by atoms with E-state index in [4.69, 9.17) is 4.74 Å². The highest BCUT2D eigenvalue weighted by Gasteiger charge is 2.31. The lowest BCUT2D eigenvalue weighted by atomic mass is 9.90. The maximum atomic E-state index is 14.1. The van der Waals surface area contributed by atoms with Crippen LogP contribution >= 0.6 is 0 Å². The van der Waals surface area contributed by atoms with Gasteiger partial charge in [0.2, 0.25) is 0 Å². The van der Waals surface area contributed by atoms with Gasteiger partial charge in [0.15, 0.2) is 17.2 Å². The molecule has 0 atom stereocenters. The molecule has 0 spiro atoms. The molecule has 0 unspecified atom stereocenters. The minimum atomic E-state index is -0.989. The molecule has 0 aliphatic heterocycles. The number of pyridine rings is 1. The molecule has 6 rings (SSSR count). The molecular formula is C29H31FN8O4. The number of imidazole rings is 1. The Morgan fingerprint density at radius 3 is 2.38 bits per heavy atom. The lowest BCUT2D eigenvalue weighted by molar-refractivity contribution is 0.102. The summed E-state index contributed by atoms with van der Waals surface area (Å²) in [5.41, 5.74) is 2.02. The van der Waals surface area contributed by atoms with E-state index in [1.807, 2.05) is 6.07 Å². The largest absolute Gasteiger partial charge is 0.497 e. The predicted octanol–water partition coefficient (Wildman–Crippen LogP) is 5.01. The highest BCUT2D eigenvalue weighted by molar-refractivity contribution is 6.03. The van der Waals surface area contributed by atoms with Gasteiger partial charge >= 0.3 is 6.09 Å². The number of rotatable bonds is 9. The quantitative estimate of drug-likeness (QED) is 0.217. The van der Waals surface area contributed by atoms with E-state index in [1.165, 1.54) is 27.9 Å². The van der Waals surface area contributed by atoms with Crippen LogP contribution in [0.1, 0.15) is 49.0 Å². The second-order valence-electron chi connectivity index (χ2n) is 10.6. The summed E-state index contributed by atoms with van der Waals surface area (Å²) in [4.78, 5) is 34.8. The average molecular weight is 575 g/mol. The van der Waals surface area contributed by atoms with Crippen LogP contribution in [0.3, 0.4) is 0 Å². The van der Waals surface area contributed by atoms with Crippen LogP contribution < -0.4 is 25.6 Å². The minimum Gasteiger partial charge on any atom is -0.497 e. The molecule has 2 fully saturated rings. The van der Waals surface area contributed by atoms with Gasteiger partial charge in [0, 0.05) is 36.1 Å². The molecule has 12 nitrogen and oxygen atoms in total. The van der Waals surface area contributed by atoms with Crippen molar-refractivity contribution in [3.05, 3.63) is 66.5 Å². The van der Waals surface area contributed by atoms with Crippen molar-refractivity contribution in [2.24, 2.45) is 0 Å². The van der Waals surface area contributed by atoms with E-state index in [2.05, 4.69) is 31.0 Å². The topological polar surface area (TPSA) is 146 Å². The third-order valence-electron chi connectivity index (χ3n) is 7.63. The number of benzene rings is 1. The highest BCUT2D eigenvalue weighted by Crippen LogP contribution is 2.32. The lowest BCUT2D eigenvalue weighted by Gasteiger charge is -2.35. The number of carboxylic acid groups (broad SMARTS) is 1. The number of nitrogens with zero attached hydrogens (tertiary/aromatic N) is 5. The van der Waals surface area contributed by atoms with Crippen LogP contribution in [0, 0.1) is 5.82 Å². The van der Waals surface area contributed by atoms with Crippen molar-refractivity contribution in [2.75, 3.05) is 28.0 Å². The van der Waals surface area contributed by atoms with Gasteiger partial charge in [-0.05, 0) is 68.9 Å². The molecule has 218 valence electrons. The number of carbonyl (C=O) groups excluding carboxylic acids is 1. The maximum Gasteiger partial charge on any atom is 0.412 e. The average Bonchev–Trinajstić information content (AvgIpc) is 3.70. The fourth-order valence-corrected chi connectivity index (χ4v) is 5.32. The Labute approximate surface area is 240 Å². The SMILES string of the molecule is COc1ccc(N(C(=O)O)[C@H]2CC[C@H](Nc3cc(NC4CC4)c4ncc(C(=O)Nc5ccncc5F)n4n3)CC2)cc1. The molecular weight excluding hydrogens is 543 g/mol. The van der Waals surface area contributed by atoms with Crippen LogP contribution in [0.15, 0.2) is 55.0 Å². The Balaban J connectivity index is 1.19. The zero-order valence-electron chi connectivity index (χ0n) is 23.0. The van der Waals surface area contributed by atoms with E-state index in [-0.39, 0.29) is 23.5 Å². The first-order valence-corrected chi connectivity index (χ1v) is 13.9. The van der Waals surface area contributed by atoms with E-state index in [0.29, 0.717) is 41.8 Å². The van der Waals surface area contributed by atoms with Crippen molar-refractivity contribution in [1.82, 2.24) is 19.6 Å². The van der Waals surface area contributed by atoms with Crippen molar-refractivity contribution in [1.29, 1.82) is 0 Å². The number of amides is 2. The Morgan fingerprint density at radius 2 is 1.71 bits per heavy atom.